The number of anilines is 1. The van der Waals surface area contributed by atoms with Gasteiger partial charge in [0.05, 0.1) is 5.56 Å². The smallest absolute Gasteiger partial charge is 0.254 e. The van der Waals surface area contributed by atoms with Crippen LogP contribution in [0.2, 0.25) is 0 Å². The molecular formula is C16H16F2N2O. The molecule has 1 amide bonds. The zero-order valence-electron chi connectivity index (χ0n) is 11.6. The van der Waals surface area contributed by atoms with E-state index in [9.17, 15) is 13.6 Å². The number of rotatable bonds is 4. The molecule has 2 aromatic rings. The summed E-state index contributed by atoms with van der Waals surface area (Å²) in [5.41, 5.74) is 7.42. The maximum absolute atomic E-state index is 13.6. The van der Waals surface area contributed by atoms with Gasteiger partial charge in [-0.15, -0.1) is 0 Å². The van der Waals surface area contributed by atoms with Crippen molar-refractivity contribution in [2.45, 2.75) is 13.3 Å². The molecule has 2 aromatic carbocycles. The van der Waals surface area contributed by atoms with Crippen LogP contribution in [0.15, 0.2) is 36.4 Å². The van der Waals surface area contributed by atoms with Gasteiger partial charge in [-0.3, -0.25) is 4.79 Å². The van der Waals surface area contributed by atoms with Crippen molar-refractivity contribution >= 4 is 11.6 Å². The molecule has 0 aliphatic carbocycles. The highest BCUT2D eigenvalue weighted by Gasteiger charge is 2.11. The third-order valence-corrected chi connectivity index (χ3v) is 3.22. The van der Waals surface area contributed by atoms with Gasteiger partial charge in [0.15, 0.2) is 0 Å². The quantitative estimate of drug-likeness (QED) is 0.851. The molecule has 0 saturated carbocycles. The molecule has 0 radical (unpaired) electrons. The number of carbonyl (C=O) groups excluding carboxylic acids is 1. The summed E-state index contributed by atoms with van der Waals surface area (Å²) in [4.78, 5) is 11.9. The first-order chi connectivity index (χ1) is 9.97. The molecule has 0 bridgehead atoms. The van der Waals surface area contributed by atoms with Gasteiger partial charge in [-0.25, -0.2) is 8.78 Å². The molecule has 0 fully saturated rings. The Balaban J connectivity index is 1.95. The second kappa shape index (κ2) is 6.35. The van der Waals surface area contributed by atoms with Crippen molar-refractivity contribution in [3.8, 4) is 0 Å². The van der Waals surface area contributed by atoms with Crippen molar-refractivity contribution in [3.63, 3.8) is 0 Å². The Hall–Kier alpha value is -2.43. The number of halogens is 2. The van der Waals surface area contributed by atoms with E-state index in [1.807, 2.05) is 0 Å². The molecular weight excluding hydrogens is 274 g/mol. The summed E-state index contributed by atoms with van der Waals surface area (Å²) in [7, 11) is 0. The minimum Gasteiger partial charge on any atom is -0.399 e. The molecule has 0 aromatic heterocycles. The molecule has 0 atom stereocenters. The second-order valence-electron chi connectivity index (χ2n) is 4.82. The number of carbonyl (C=O) groups is 1. The average Bonchev–Trinajstić information content (AvgIpc) is 2.41. The lowest BCUT2D eigenvalue weighted by Crippen LogP contribution is -2.26. The lowest BCUT2D eigenvalue weighted by Gasteiger charge is -2.08. The molecule has 3 nitrogen and oxygen atoms in total. The van der Waals surface area contributed by atoms with E-state index in [4.69, 9.17) is 5.73 Å². The standard InChI is InChI=1S/C16H16F2N2O/c1-10-8-12(17)3-2-11(10)6-7-20-16(21)14-5-4-13(19)9-15(14)18/h2-5,8-9H,6-7,19H2,1H3,(H,20,21). The van der Waals surface area contributed by atoms with Gasteiger partial charge in [-0.1, -0.05) is 6.07 Å². The van der Waals surface area contributed by atoms with Crippen molar-refractivity contribution in [2.75, 3.05) is 12.3 Å². The van der Waals surface area contributed by atoms with Crippen LogP contribution in [0, 0.1) is 18.6 Å². The zero-order chi connectivity index (χ0) is 15.4. The Labute approximate surface area is 121 Å². The first-order valence-electron chi connectivity index (χ1n) is 6.55. The van der Waals surface area contributed by atoms with E-state index in [2.05, 4.69) is 5.32 Å². The molecule has 5 heteroatoms. The Morgan fingerprint density at radius 3 is 2.62 bits per heavy atom. The van der Waals surface area contributed by atoms with Crippen LogP contribution in [0.25, 0.3) is 0 Å². The zero-order valence-corrected chi connectivity index (χ0v) is 11.6. The van der Waals surface area contributed by atoms with E-state index >= 15 is 0 Å². The number of benzene rings is 2. The van der Waals surface area contributed by atoms with Crippen LogP contribution < -0.4 is 11.1 Å². The average molecular weight is 290 g/mol. The lowest BCUT2D eigenvalue weighted by atomic mass is 10.1. The summed E-state index contributed by atoms with van der Waals surface area (Å²) >= 11 is 0. The molecule has 0 heterocycles. The first-order valence-corrected chi connectivity index (χ1v) is 6.55. The Kier molecular flexibility index (Phi) is 4.52. The number of aryl methyl sites for hydroxylation is 1. The molecule has 21 heavy (non-hydrogen) atoms. The Morgan fingerprint density at radius 1 is 1.19 bits per heavy atom. The van der Waals surface area contributed by atoms with Crippen LogP contribution in [-0.4, -0.2) is 12.5 Å². The predicted octanol–water partition coefficient (Wildman–Crippen LogP) is 2.83. The summed E-state index contributed by atoms with van der Waals surface area (Å²) < 4.78 is 26.6. The normalized spacial score (nSPS) is 10.4. The van der Waals surface area contributed by atoms with E-state index in [-0.39, 0.29) is 17.1 Å². The SMILES string of the molecule is Cc1cc(F)ccc1CCNC(=O)c1ccc(N)cc1F. The number of hydrogen-bond donors (Lipinski definition) is 2. The Bertz CT molecular complexity index is 671. The van der Waals surface area contributed by atoms with E-state index in [0.717, 1.165) is 17.2 Å². The van der Waals surface area contributed by atoms with Gasteiger partial charge in [0.2, 0.25) is 0 Å². The number of nitrogen functional groups attached to an aromatic ring is 1. The van der Waals surface area contributed by atoms with Crippen LogP contribution in [0.3, 0.4) is 0 Å². The van der Waals surface area contributed by atoms with E-state index < -0.39 is 11.7 Å². The minimum atomic E-state index is -0.648. The molecule has 0 spiro atoms. The summed E-state index contributed by atoms with van der Waals surface area (Å²) in [6.45, 7) is 2.15. The fraction of sp³-hybridized carbons (Fsp3) is 0.188. The maximum atomic E-state index is 13.6. The molecule has 3 N–H and O–H groups in total. The van der Waals surface area contributed by atoms with Crippen molar-refractivity contribution in [2.24, 2.45) is 0 Å². The van der Waals surface area contributed by atoms with Crippen molar-refractivity contribution in [1.29, 1.82) is 0 Å². The second-order valence-corrected chi connectivity index (χ2v) is 4.82. The molecule has 0 aliphatic rings. The largest absolute Gasteiger partial charge is 0.399 e. The lowest BCUT2D eigenvalue weighted by molar-refractivity contribution is 0.0950. The van der Waals surface area contributed by atoms with Crippen LogP contribution in [0.5, 0.6) is 0 Å². The van der Waals surface area contributed by atoms with Gasteiger partial charge in [0, 0.05) is 12.2 Å². The summed E-state index contributed by atoms with van der Waals surface area (Å²) in [6, 6.07) is 8.44. The highest BCUT2D eigenvalue weighted by atomic mass is 19.1. The fourth-order valence-electron chi connectivity index (χ4n) is 2.06. The van der Waals surface area contributed by atoms with E-state index in [1.54, 1.807) is 13.0 Å². The summed E-state index contributed by atoms with van der Waals surface area (Å²) in [6.07, 6.45) is 0.550. The van der Waals surface area contributed by atoms with Crippen molar-refractivity contribution < 1.29 is 13.6 Å². The van der Waals surface area contributed by atoms with Crippen LogP contribution in [0.4, 0.5) is 14.5 Å². The summed E-state index contributed by atoms with van der Waals surface area (Å²) in [5.74, 6) is -1.43. The van der Waals surface area contributed by atoms with Gasteiger partial charge in [0.25, 0.3) is 5.91 Å². The highest BCUT2D eigenvalue weighted by Crippen LogP contribution is 2.12. The van der Waals surface area contributed by atoms with E-state index in [0.29, 0.717) is 13.0 Å². The molecule has 2 rings (SSSR count). The highest BCUT2D eigenvalue weighted by molar-refractivity contribution is 5.94. The van der Waals surface area contributed by atoms with Crippen molar-refractivity contribution in [1.82, 2.24) is 5.32 Å². The van der Waals surface area contributed by atoms with Gasteiger partial charge in [-0.05, 0) is 54.8 Å². The third-order valence-electron chi connectivity index (χ3n) is 3.22. The van der Waals surface area contributed by atoms with Gasteiger partial charge < -0.3 is 11.1 Å². The fourth-order valence-corrected chi connectivity index (χ4v) is 2.06. The predicted molar refractivity (Wildman–Crippen MR) is 78.0 cm³/mol. The number of nitrogens with two attached hydrogens (primary N) is 1. The molecule has 0 saturated heterocycles. The maximum Gasteiger partial charge on any atom is 0.254 e. The van der Waals surface area contributed by atoms with Crippen molar-refractivity contribution in [3.05, 3.63) is 64.7 Å². The van der Waals surface area contributed by atoms with Gasteiger partial charge >= 0.3 is 0 Å². The molecule has 0 aliphatic heterocycles. The number of amides is 1. The molecule has 0 unspecified atom stereocenters. The first kappa shape index (κ1) is 15.0. The number of hydrogen-bond acceptors (Lipinski definition) is 2. The van der Waals surface area contributed by atoms with Crippen LogP contribution in [-0.2, 0) is 6.42 Å². The Morgan fingerprint density at radius 2 is 1.95 bits per heavy atom. The van der Waals surface area contributed by atoms with Crippen LogP contribution in [0.1, 0.15) is 21.5 Å². The minimum absolute atomic E-state index is 0.0416. The monoisotopic (exact) mass is 290 g/mol. The number of nitrogens with one attached hydrogen (secondary N) is 1. The van der Waals surface area contributed by atoms with Gasteiger partial charge in [-0.2, -0.15) is 0 Å². The van der Waals surface area contributed by atoms with E-state index in [1.165, 1.54) is 24.3 Å². The summed E-state index contributed by atoms with van der Waals surface area (Å²) in [5, 5.41) is 2.64. The van der Waals surface area contributed by atoms with Crippen LogP contribution >= 0.6 is 0 Å². The van der Waals surface area contributed by atoms with Gasteiger partial charge in [0.1, 0.15) is 11.6 Å². The molecule has 110 valence electrons. The third kappa shape index (κ3) is 3.78. The topological polar surface area (TPSA) is 55.1 Å².